The van der Waals surface area contributed by atoms with Gasteiger partial charge in [0.05, 0.1) is 22.7 Å². The van der Waals surface area contributed by atoms with E-state index >= 15 is 0 Å². The fourth-order valence-electron chi connectivity index (χ4n) is 3.80. The van der Waals surface area contributed by atoms with E-state index in [1.54, 1.807) is 0 Å². The molecule has 12 nitrogen and oxygen atoms in total. The van der Waals surface area contributed by atoms with E-state index in [9.17, 15) is 66.4 Å². The van der Waals surface area contributed by atoms with Gasteiger partial charge in [0, 0.05) is 31.4 Å². The molecule has 2 N–H and O–H groups in total. The minimum Gasteiger partial charge on any atom is -0.499 e. The van der Waals surface area contributed by atoms with Crippen LogP contribution in [0, 0.1) is 20.2 Å². The molecule has 0 radical (unpaired) electrons. The van der Waals surface area contributed by atoms with Gasteiger partial charge in [-0.15, -0.1) is 0 Å². The molecular formula is C21H16F6N2O10. The van der Waals surface area contributed by atoms with Crippen LogP contribution in [0.25, 0.3) is 0 Å². The predicted octanol–water partition coefficient (Wildman–Crippen LogP) is 4.96. The molecule has 0 spiro atoms. The van der Waals surface area contributed by atoms with Crippen LogP contribution in [0.3, 0.4) is 0 Å². The molecule has 0 heterocycles. The lowest BCUT2D eigenvalue weighted by molar-refractivity contribution is -0.386. The number of carbonyl (C=O) groups excluding carboxylic acids is 2. The third-order valence-electron chi connectivity index (χ3n) is 5.12. The summed E-state index contributed by atoms with van der Waals surface area (Å²) in [5, 5.41) is 43.2. The number of carbonyl (C=O) groups is 2. The van der Waals surface area contributed by atoms with E-state index in [4.69, 9.17) is 0 Å². The Morgan fingerprint density at radius 3 is 1.28 bits per heavy atom. The number of phenols is 2. The van der Waals surface area contributed by atoms with E-state index in [1.807, 2.05) is 0 Å². The Hall–Kier alpha value is -4.64. The van der Waals surface area contributed by atoms with Crippen LogP contribution in [-0.2, 0) is 15.0 Å². The quantitative estimate of drug-likeness (QED) is 0.145. The number of benzene rings is 2. The molecule has 0 saturated heterocycles. The fourth-order valence-corrected chi connectivity index (χ4v) is 3.80. The highest BCUT2D eigenvalue weighted by atomic mass is 19.4. The van der Waals surface area contributed by atoms with Gasteiger partial charge in [0.1, 0.15) is 0 Å². The van der Waals surface area contributed by atoms with E-state index in [0.717, 1.165) is 0 Å². The highest BCUT2D eigenvalue weighted by molar-refractivity contribution is 5.74. The van der Waals surface area contributed by atoms with Crippen LogP contribution < -0.4 is 9.47 Å². The van der Waals surface area contributed by atoms with Gasteiger partial charge in [0.15, 0.2) is 11.5 Å². The Morgan fingerprint density at radius 2 is 1.05 bits per heavy atom. The zero-order chi connectivity index (χ0) is 30.1. The van der Waals surface area contributed by atoms with Crippen LogP contribution in [0.4, 0.5) is 37.7 Å². The number of esters is 2. The molecule has 0 atom stereocenters. The highest BCUT2D eigenvalue weighted by Gasteiger charge is 2.53. The molecule has 2 aromatic carbocycles. The van der Waals surface area contributed by atoms with Gasteiger partial charge in [-0.25, -0.2) is 0 Å². The Balaban J connectivity index is 3.20. The molecule has 2 aromatic rings. The van der Waals surface area contributed by atoms with E-state index in [0.29, 0.717) is 26.0 Å². The summed E-state index contributed by atoms with van der Waals surface area (Å²) in [5.41, 5.74) is -8.88. The van der Waals surface area contributed by atoms with Gasteiger partial charge in [-0.3, -0.25) is 29.8 Å². The number of aromatic hydroxyl groups is 2. The number of nitro groups is 2. The van der Waals surface area contributed by atoms with Gasteiger partial charge in [-0.05, 0) is 23.3 Å². The van der Waals surface area contributed by atoms with Crippen LogP contribution in [0.15, 0.2) is 24.3 Å². The van der Waals surface area contributed by atoms with E-state index < -0.39 is 97.9 Å². The summed E-state index contributed by atoms with van der Waals surface area (Å²) in [5.74, 6) is -7.74. The first kappa shape index (κ1) is 30.6. The summed E-state index contributed by atoms with van der Waals surface area (Å²) < 4.78 is 92.4. The van der Waals surface area contributed by atoms with Crippen molar-refractivity contribution in [2.24, 2.45) is 0 Å². The molecule has 0 saturated carbocycles. The third-order valence-corrected chi connectivity index (χ3v) is 5.12. The number of nitrogens with zero attached hydrogens (tertiary/aromatic N) is 2. The second-order valence-electron chi connectivity index (χ2n) is 8.05. The Kier molecular flexibility index (Phi) is 8.33. The van der Waals surface area contributed by atoms with Crippen molar-refractivity contribution in [3.63, 3.8) is 0 Å². The van der Waals surface area contributed by atoms with E-state index in [1.165, 1.54) is 0 Å². The van der Waals surface area contributed by atoms with Crippen LogP contribution in [-0.4, -0.2) is 44.4 Å². The third kappa shape index (κ3) is 7.23. The van der Waals surface area contributed by atoms with E-state index in [2.05, 4.69) is 9.47 Å². The maximum atomic E-state index is 13.9. The zero-order valence-corrected chi connectivity index (χ0v) is 19.5. The summed E-state index contributed by atoms with van der Waals surface area (Å²) >= 11 is 0. The highest BCUT2D eigenvalue weighted by Crippen LogP contribution is 2.54. The fraction of sp³-hybridized carbons (Fsp3) is 0.333. The van der Waals surface area contributed by atoms with Crippen molar-refractivity contribution in [3.8, 4) is 23.0 Å². The number of alkyl halides is 6. The lowest BCUT2D eigenvalue weighted by atomic mass is 9.68. The van der Waals surface area contributed by atoms with Crippen molar-refractivity contribution in [3.05, 3.63) is 55.6 Å². The second kappa shape index (κ2) is 10.6. The molecule has 0 aromatic heterocycles. The maximum absolute atomic E-state index is 13.9. The van der Waals surface area contributed by atoms with Gasteiger partial charge in [0.25, 0.3) is 0 Å². The van der Waals surface area contributed by atoms with Gasteiger partial charge in [-0.2, -0.15) is 26.3 Å². The van der Waals surface area contributed by atoms with Crippen molar-refractivity contribution in [2.75, 3.05) is 0 Å². The van der Waals surface area contributed by atoms with Crippen molar-refractivity contribution in [1.82, 2.24) is 0 Å². The van der Waals surface area contributed by atoms with Crippen LogP contribution >= 0.6 is 0 Å². The molecule has 39 heavy (non-hydrogen) atoms. The summed E-state index contributed by atoms with van der Waals surface area (Å²) in [7, 11) is 0. The first-order valence-electron chi connectivity index (χ1n) is 10.2. The summed E-state index contributed by atoms with van der Waals surface area (Å²) in [6, 6.07) is 0.880. The molecule has 0 aliphatic heterocycles. The molecule has 0 aliphatic carbocycles. The monoisotopic (exact) mass is 570 g/mol. The lowest BCUT2D eigenvalue weighted by Crippen LogP contribution is -2.38. The van der Waals surface area contributed by atoms with Crippen LogP contribution in [0.2, 0.25) is 0 Å². The molecule has 0 amide bonds. The summed E-state index contributed by atoms with van der Waals surface area (Å²) in [6.45, 7) is 1.43. The topological polar surface area (TPSA) is 179 Å². The molecule has 212 valence electrons. The Bertz CT molecular complexity index is 1240. The molecule has 0 aliphatic rings. The van der Waals surface area contributed by atoms with Crippen molar-refractivity contribution in [2.45, 2.75) is 44.5 Å². The Morgan fingerprint density at radius 1 is 0.744 bits per heavy atom. The Labute approximate surface area is 212 Å². The lowest BCUT2D eigenvalue weighted by Gasteiger charge is -2.36. The molecular weight excluding hydrogens is 554 g/mol. The first-order chi connectivity index (χ1) is 17.7. The number of halogens is 6. The van der Waals surface area contributed by atoms with Crippen LogP contribution in [0.1, 0.15) is 37.8 Å². The number of ether oxygens (including phenoxy) is 2. The number of phenolic OH excluding ortho intramolecular Hbond substituents is 2. The van der Waals surface area contributed by atoms with Gasteiger partial charge >= 0.3 is 35.7 Å². The second-order valence-corrected chi connectivity index (χ2v) is 8.05. The normalized spacial score (nSPS) is 12.1. The average molecular weight is 570 g/mol. The largest absolute Gasteiger partial charge is 0.499 e. The van der Waals surface area contributed by atoms with Crippen LogP contribution in [0.5, 0.6) is 23.0 Å². The number of nitro benzene ring substituents is 2. The van der Waals surface area contributed by atoms with Gasteiger partial charge in [0.2, 0.25) is 11.5 Å². The maximum Gasteiger partial charge on any atom is 0.390 e. The molecule has 0 unspecified atom stereocenters. The standard InChI is InChI=1S/C21H16F6N2O10/c1-9(30)38-15-5-11(3-13(17(15)32)28(34)35)19(7-20(22,23)24,8-21(25,26)27)12-4-14(29(36)37)18(33)16(6-12)39-10(2)31/h3-6,32-33H,7-8H2,1-2H3. The predicted molar refractivity (Wildman–Crippen MR) is 114 cm³/mol. The summed E-state index contributed by atoms with van der Waals surface area (Å²) in [4.78, 5) is 43.1. The first-order valence-corrected chi connectivity index (χ1v) is 10.2. The number of rotatable bonds is 8. The van der Waals surface area contributed by atoms with Crippen molar-refractivity contribution >= 4 is 23.3 Å². The number of hydrogen-bond acceptors (Lipinski definition) is 10. The molecule has 0 fully saturated rings. The summed E-state index contributed by atoms with van der Waals surface area (Å²) in [6.07, 6.45) is -15.9. The van der Waals surface area contributed by atoms with Crippen molar-refractivity contribution < 1.29 is 65.5 Å². The zero-order valence-electron chi connectivity index (χ0n) is 19.5. The number of hydrogen-bond donors (Lipinski definition) is 2. The molecule has 18 heteroatoms. The van der Waals surface area contributed by atoms with E-state index in [-0.39, 0.29) is 12.1 Å². The van der Waals surface area contributed by atoms with Gasteiger partial charge in [-0.1, -0.05) is 0 Å². The molecule has 0 bridgehead atoms. The minimum atomic E-state index is -5.49. The molecule has 2 rings (SSSR count). The SMILES string of the molecule is CC(=O)Oc1cc(C(CC(F)(F)F)(CC(F)(F)F)c2cc(OC(C)=O)c(O)c([N+](=O)[O-])c2)cc([N+](=O)[O-])c1O. The van der Waals surface area contributed by atoms with Gasteiger partial charge < -0.3 is 19.7 Å². The van der Waals surface area contributed by atoms with Crippen molar-refractivity contribution in [1.29, 1.82) is 0 Å². The minimum absolute atomic E-state index is 0.143. The smallest absolute Gasteiger partial charge is 0.390 e. The average Bonchev–Trinajstić information content (AvgIpc) is 2.72.